The fourth-order valence-corrected chi connectivity index (χ4v) is 4.43. The number of hydrogen-bond donors (Lipinski definition) is 2. The van der Waals surface area contributed by atoms with Crippen LogP contribution in [0.5, 0.6) is 0 Å². The fourth-order valence-electron chi connectivity index (χ4n) is 4.43. The van der Waals surface area contributed by atoms with E-state index in [9.17, 15) is 19.2 Å². The number of rotatable bonds is 9. The normalized spacial score (nSPS) is 14.1. The molecule has 0 radical (unpaired) electrons. The first-order valence-corrected chi connectivity index (χ1v) is 12.0. The maximum atomic E-state index is 13.7. The summed E-state index contributed by atoms with van der Waals surface area (Å²) in [6.45, 7) is 1.11. The fraction of sp³-hybridized carbons (Fsp3) is 0.286. The van der Waals surface area contributed by atoms with E-state index in [1.54, 1.807) is 42.5 Å². The lowest BCUT2D eigenvalue weighted by Gasteiger charge is -2.32. The van der Waals surface area contributed by atoms with E-state index in [1.165, 1.54) is 24.2 Å². The van der Waals surface area contributed by atoms with Gasteiger partial charge in [0.15, 0.2) is 11.5 Å². The molecule has 36 heavy (non-hydrogen) atoms. The first-order chi connectivity index (χ1) is 17.4. The van der Waals surface area contributed by atoms with Crippen molar-refractivity contribution in [3.63, 3.8) is 0 Å². The van der Waals surface area contributed by atoms with Crippen LogP contribution in [0.25, 0.3) is 0 Å². The van der Waals surface area contributed by atoms with Crippen molar-refractivity contribution in [2.75, 3.05) is 11.4 Å². The Morgan fingerprint density at radius 1 is 0.944 bits per heavy atom. The number of ketones is 1. The average molecular weight is 488 g/mol. The quantitative estimate of drug-likeness (QED) is 0.443. The summed E-state index contributed by atoms with van der Waals surface area (Å²) in [5, 5.41) is 5.68. The van der Waals surface area contributed by atoms with E-state index in [2.05, 4.69) is 10.6 Å². The highest BCUT2D eigenvalue weighted by atomic mass is 16.3. The lowest BCUT2D eigenvalue weighted by atomic mass is 10.0. The van der Waals surface area contributed by atoms with Gasteiger partial charge in [0.1, 0.15) is 6.04 Å². The number of carbonyl (C=O) groups is 4. The van der Waals surface area contributed by atoms with Crippen LogP contribution in [0, 0.1) is 0 Å². The Kier molecular flexibility index (Phi) is 7.95. The van der Waals surface area contributed by atoms with E-state index >= 15 is 0 Å². The maximum absolute atomic E-state index is 13.7. The van der Waals surface area contributed by atoms with Gasteiger partial charge < -0.3 is 15.1 Å². The summed E-state index contributed by atoms with van der Waals surface area (Å²) in [5.41, 5.74) is 1.56. The van der Waals surface area contributed by atoms with Gasteiger partial charge in [0.05, 0.1) is 12.8 Å². The number of benzene rings is 2. The molecule has 1 aliphatic carbocycles. The van der Waals surface area contributed by atoms with Crippen LogP contribution in [0.15, 0.2) is 77.4 Å². The number of anilines is 1. The SMILES string of the molecule is CC(=O)c1ccc(N(C(=O)CNC(=O)c2ccco2)[C@@H](C(=O)NC2CCCC2)c2ccccc2)cc1. The van der Waals surface area contributed by atoms with E-state index in [1.807, 2.05) is 18.2 Å². The Bertz CT molecular complexity index is 1200. The molecule has 8 nitrogen and oxygen atoms in total. The number of furan rings is 1. The Hall–Kier alpha value is -4.20. The van der Waals surface area contributed by atoms with E-state index < -0.39 is 17.9 Å². The van der Waals surface area contributed by atoms with Crippen LogP contribution in [0.1, 0.15) is 65.1 Å². The van der Waals surface area contributed by atoms with Crippen LogP contribution in [0.4, 0.5) is 5.69 Å². The van der Waals surface area contributed by atoms with Crippen molar-refractivity contribution in [2.24, 2.45) is 0 Å². The molecule has 1 aromatic heterocycles. The summed E-state index contributed by atoms with van der Waals surface area (Å²) in [6.07, 6.45) is 5.27. The van der Waals surface area contributed by atoms with Crippen molar-refractivity contribution < 1.29 is 23.6 Å². The van der Waals surface area contributed by atoms with Crippen LogP contribution in [-0.2, 0) is 9.59 Å². The van der Waals surface area contributed by atoms with Gasteiger partial charge >= 0.3 is 0 Å². The van der Waals surface area contributed by atoms with E-state index in [0.717, 1.165) is 25.7 Å². The average Bonchev–Trinajstić information content (AvgIpc) is 3.61. The molecular formula is C28H29N3O5. The Labute approximate surface area is 209 Å². The minimum absolute atomic E-state index is 0.0550. The second kappa shape index (κ2) is 11.5. The summed E-state index contributed by atoms with van der Waals surface area (Å²) >= 11 is 0. The third-order valence-electron chi connectivity index (χ3n) is 6.29. The summed E-state index contributed by atoms with van der Waals surface area (Å²) < 4.78 is 5.10. The highest BCUT2D eigenvalue weighted by Gasteiger charge is 2.34. The van der Waals surface area contributed by atoms with Crippen molar-refractivity contribution in [2.45, 2.75) is 44.7 Å². The zero-order valence-electron chi connectivity index (χ0n) is 20.1. The molecule has 0 aliphatic heterocycles. The molecule has 0 spiro atoms. The zero-order valence-corrected chi connectivity index (χ0v) is 20.1. The minimum atomic E-state index is -0.969. The Morgan fingerprint density at radius 3 is 2.25 bits per heavy atom. The maximum Gasteiger partial charge on any atom is 0.287 e. The molecule has 4 rings (SSSR count). The second-order valence-corrected chi connectivity index (χ2v) is 8.83. The number of carbonyl (C=O) groups excluding carboxylic acids is 4. The van der Waals surface area contributed by atoms with Gasteiger partial charge in [-0.15, -0.1) is 0 Å². The predicted molar refractivity (Wildman–Crippen MR) is 135 cm³/mol. The number of Topliss-reactive ketones (excluding diaryl/α,β-unsaturated/α-hetero) is 1. The number of nitrogens with zero attached hydrogens (tertiary/aromatic N) is 1. The van der Waals surface area contributed by atoms with Crippen LogP contribution in [-0.4, -0.2) is 36.1 Å². The molecule has 3 aromatic rings. The van der Waals surface area contributed by atoms with Crippen LogP contribution in [0.2, 0.25) is 0 Å². The molecule has 3 amide bonds. The first-order valence-electron chi connectivity index (χ1n) is 12.0. The Balaban J connectivity index is 1.68. The van der Waals surface area contributed by atoms with E-state index in [-0.39, 0.29) is 30.0 Å². The molecule has 1 aliphatic rings. The molecule has 186 valence electrons. The van der Waals surface area contributed by atoms with Gasteiger partial charge in [0.25, 0.3) is 5.91 Å². The lowest BCUT2D eigenvalue weighted by molar-refractivity contribution is -0.126. The summed E-state index contributed by atoms with van der Waals surface area (Å²) in [6, 6.07) is 17.7. The van der Waals surface area contributed by atoms with Gasteiger partial charge in [0, 0.05) is 17.3 Å². The highest BCUT2D eigenvalue weighted by Crippen LogP contribution is 2.29. The molecular weight excluding hydrogens is 458 g/mol. The third kappa shape index (κ3) is 5.89. The molecule has 1 atom stereocenters. The monoisotopic (exact) mass is 487 g/mol. The van der Waals surface area contributed by atoms with Crippen molar-refractivity contribution in [3.8, 4) is 0 Å². The predicted octanol–water partition coefficient (Wildman–Crippen LogP) is 4.05. The van der Waals surface area contributed by atoms with Crippen molar-refractivity contribution in [1.29, 1.82) is 0 Å². The second-order valence-electron chi connectivity index (χ2n) is 8.83. The summed E-state index contributed by atoms with van der Waals surface area (Å²) in [4.78, 5) is 52.9. The minimum Gasteiger partial charge on any atom is -0.459 e. The molecule has 0 unspecified atom stereocenters. The molecule has 1 heterocycles. The van der Waals surface area contributed by atoms with Gasteiger partial charge in [-0.1, -0.05) is 43.2 Å². The third-order valence-corrected chi connectivity index (χ3v) is 6.29. The largest absolute Gasteiger partial charge is 0.459 e. The molecule has 0 saturated heterocycles. The van der Waals surface area contributed by atoms with Gasteiger partial charge in [-0.2, -0.15) is 0 Å². The number of hydrogen-bond acceptors (Lipinski definition) is 5. The molecule has 2 aromatic carbocycles. The van der Waals surface area contributed by atoms with Crippen molar-refractivity contribution >= 4 is 29.2 Å². The van der Waals surface area contributed by atoms with E-state index in [0.29, 0.717) is 16.8 Å². The van der Waals surface area contributed by atoms with Crippen molar-refractivity contribution in [3.05, 3.63) is 89.9 Å². The molecule has 1 saturated carbocycles. The molecule has 8 heteroatoms. The highest BCUT2D eigenvalue weighted by molar-refractivity contribution is 6.04. The molecule has 0 bridgehead atoms. The van der Waals surface area contributed by atoms with Crippen LogP contribution in [0.3, 0.4) is 0 Å². The Morgan fingerprint density at radius 2 is 1.64 bits per heavy atom. The molecule has 1 fully saturated rings. The van der Waals surface area contributed by atoms with Crippen LogP contribution >= 0.6 is 0 Å². The van der Waals surface area contributed by atoms with E-state index in [4.69, 9.17) is 4.42 Å². The van der Waals surface area contributed by atoms with Gasteiger partial charge in [-0.3, -0.25) is 24.1 Å². The first kappa shape index (κ1) is 24.9. The summed E-state index contributed by atoms with van der Waals surface area (Å²) in [5.74, 6) is -1.34. The number of amides is 3. The standard InChI is InChI=1S/C28H29N3O5/c1-19(32)20-13-15-23(16-14-20)31(25(33)18-29-27(34)24-12-7-17-36-24)26(21-8-3-2-4-9-21)28(35)30-22-10-5-6-11-22/h2-4,7-9,12-17,22,26H,5-6,10-11,18H2,1H3,(H,29,34)(H,30,35)/t26-/m1/s1. The zero-order chi connectivity index (χ0) is 25.5. The molecule has 2 N–H and O–H groups in total. The topological polar surface area (TPSA) is 109 Å². The smallest absolute Gasteiger partial charge is 0.287 e. The van der Waals surface area contributed by atoms with Gasteiger partial charge in [0.2, 0.25) is 11.8 Å². The van der Waals surface area contributed by atoms with Crippen LogP contribution < -0.4 is 15.5 Å². The lowest BCUT2D eigenvalue weighted by Crippen LogP contribution is -2.49. The van der Waals surface area contributed by atoms with Gasteiger partial charge in [-0.25, -0.2) is 0 Å². The van der Waals surface area contributed by atoms with Crippen molar-refractivity contribution in [1.82, 2.24) is 10.6 Å². The van der Waals surface area contributed by atoms with Gasteiger partial charge in [-0.05, 0) is 61.7 Å². The number of nitrogens with one attached hydrogen (secondary N) is 2. The summed E-state index contributed by atoms with van der Waals surface area (Å²) in [7, 11) is 0.